The fraction of sp³-hybridized carbons (Fsp3) is 0.143. The van der Waals surface area contributed by atoms with E-state index in [1.807, 2.05) is 62.4 Å². The number of benzene rings is 2. The van der Waals surface area contributed by atoms with Crippen LogP contribution < -0.4 is 4.90 Å². The van der Waals surface area contributed by atoms with E-state index in [1.165, 1.54) is 11.8 Å². The zero-order valence-corrected chi connectivity index (χ0v) is 17.0. The minimum atomic E-state index is -0.0610. The average Bonchev–Trinajstić information content (AvgIpc) is 2.72. The predicted octanol–water partition coefficient (Wildman–Crippen LogP) is 4.89. The molecule has 0 atom stereocenters. The van der Waals surface area contributed by atoms with E-state index in [0.717, 1.165) is 32.4 Å². The normalized spacial score (nSPS) is 12.1. The molecule has 0 radical (unpaired) electrons. The molecule has 0 aliphatic carbocycles. The molecule has 0 spiro atoms. The minimum absolute atomic E-state index is 0.0610. The molecule has 0 bridgehead atoms. The van der Waals surface area contributed by atoms with Crippen molar-refractivity contribution in [3.8, 4) is 6.07 Å². The standard InChI is InChI=1S/C21H16N4OS2/c1-13-14(2)23-24-21(15(13)11-22)27-12-20(26)25-16-7-3-5-9-18(16)28-19-10-6-4-8-17(19)25/h3-10H,12H2,1-2H3. The van der Waals surface area contributed by atoms with Gasteiger partial charge in [0, 0.05) is 9.79 Å². The quantitative estimate of drug-likeness (QED) is 0.579. The fourth-order valence-electron chi connectivity index (χ4n) is 2.99. The minimum Gasteiger partial charge on any atom is -0.278 e. The van der Waals surface area contributed by atoms with Gasteiger partial charge in [0.2, 0.25) is 5.91 Å². The van der Waals surface area contributed by atoms with Gasteiger partial charge in [-0.05, 0) is 43.7 Å². The summed E-state index contributed by atoms with van der Waals surface area (Å²) >= 11 is 2.91. The SMILES string of the molecule is Cc1nnc(SCC(=O)N2c3ccccc3Sc3ccccc32)c(C#N)c1C. The number of thioether (sulfide) groups is 1. The summed E-state index contributed by atoms with van der Waals surface area (Å²) in [6.45, 7) is 3.67. The lowest BCUT2D eigenvalue weighted by Gasteiger charge is -2.31. The number of hydrogen-bond donors (Lipinski definition) is 0. The Labute approximate surface area is 171 Å². The second-order valence-corrected chi connectivity index (χ2v) is 8.31. The number of carbonyl (C=O) groups excluding carboxylic acids is 1. The van der Waals surface area contributed by atoms with Crippen LogP contribution in [0.1, 0.15) is 16.8 Å². The summed E-state index contributed by atoms with van der Waals surface area (Å²) in [6, 6.07) is 18.0. The second kappa shape index (κ2) is 7.66. The van der Waals surface area contributed by atoms with E-state index in [9.17, 15) is 10.1 Å². The number of aryl methyl sites for hydroxylation is 1. The predicted molar refractivity (Wildman–Crippen MR) is 111 cm³/mol. The topological polar surface area (TPSA) is 69.9 Å². The summed E-state index contributed by atoms with van der Waals surface area (Å²) in [5.74, 6) is 0.105. The van der Waals surface area contributed by atoms with Gasteiger partial charge in [0.25, 0.3) is 0 Å². The number of anilines is 2. The van der Waals surface area contributed by atoms with Gasteiger partial charge in [0.1, 0.15) is 11.1 Å². The monoisotopic (exact) mass is 404 g/mol. The molecule has 1 amide bonds. The molecule has 7 heteroatoms. The molecule has 0 saturated heterocycles. The molecule has 4 rings (SSSR count). The van der Waals surface area contributed by atoms with Gasteiger partial charge >= 0.3 is 0 Å². The van der Waals surface area contributed by atoms with E-state index in [1.54, 1.807) is 16.7 Å². The van der Waals surface area contributed by atoms with Crippen LogP contribution in [0.25, 0.3) is 0 Å². The van der Waals surface area contributed by atoms with Gasteiger partial charge in [0.05, 0.1) is 28.4 Å². The zero-order chi connectivity index (χ0) is 19.7. The second-order valence-electron chi connectivity index (χ2n) is 6.26. The number of rotatable bonds is 3. The summed E-state index contributed by atoms with van der Waals surface area (Å²) < 4.78 is 0. The van der Waals surface area contributed by atoms with Gasteiger partial charge in [-0.25, -0.2) is 0 Å². The molecular formula is C21H16N4OS2. The number of carbonyl (C=O) groups is 1. The molecule has 2 heterocycles. The van der Waals surface area contributed by atoms with Crippen LogP contribution in [0, 0.1) is 25.2 Å². The van der Waals surface area contributed by atoms with Crippen LogP contribution >= 0.6 is 23.5 Å². The Bertz CT molecular complexity index is 1080. The summed E-state index contributed by atoms with van der Waals surface area (Å²) in [4.78, 5) is 17.1. The molecule has 138 valence electrons. The average molecular weight is 405 g/mol. The number of nitriles is 1. The molecule has 0 N–H and O–H groups in total. The Kier molecular flexibility index (Phi) is 5.07. The third-order valence-electron chi connectivity index (χ3n) is 4.55. The Balaban J connectivity index is 1.65. The maximum absolute atomic E-state index is 13.2. The van der Waals surface area contributed by atoms with Crippen molar-refractivity contribution in [2.45, 2.75) is 28.7 Å². The number of hydrogen-bond acceptors (Lipinski definition) is 6. The van der Waals surface area contributed by atoms with Crippen LogP contribution in [-0.2, 0) is 4.79 Å². The Morgan fingerprint density at radius 3 is 2.29 bits per heavy atom. The van der Waals surface area contributed by atoms with Crippen molar-refractivity contribution < 1.29 is 4.79 Å². The first-order valence-corrected chi connectivity index (χ1v) is 10.5. The van der Waals surface area contributed by atoms with Crippen LogP contribution in [0.4, 0.5) is 11.4 Å². The van der Waals surface area contributed by atoms with Crippen LogP contribution in [-0.4, -0.2) is 21.9 Å². The van der Waals surface area contributed by atoms with E-state index >= 15 is 0 Å². The van der Waals surface area contributed by atoms with E-state index in [4.69, 9.17) is 0 Å². The summed E-state index contributed by atoms with van der Waals surface area (Å²) in [5.41, 5.74) is 3.77. The summed E-state index contributed by atoms with van der Waals surface area (Å²) in [7, 11) is 0. The van der Waals surface area contributed by atoms with E-state index < -0.39 is 0 Å². The van der Waals surface area contributed by atoms with Crippen molar-refractivity contribution in [1.29, 1.82) is 5.26 Å². The van der Waals surface area contributed by atoms with Gasteiger partial charge in [-0.3, -0.25) is 9.69 Å². The lowest BCUT2D eigenvalue weighted by Crippen LogP contribution is -2.30. The highest BCUT2D eigenvalue weighted by atomic mass is 32.2. The molecule has 0 fully saturated rings. The highest BCUT2D eigenvalue weighted by molar-refractivity contribution is 8.00. The van der Waals surface area contributed by atoms with Gasteiger partial charge in [-0.2, -0.15) is 10.4 Å². The molecule has 28 heavy (non-hydrogen) atoms. The maximum Gasteiger partial charge on any atom is 0.242 e. The van der Waals surface area contributed by atoms with Crippen LogP contribution in [0.15, 0.2) is 63.3 Å². The summed E-state index contributed by atoms with van der Waals surface area (Å²) in [5, 5.41) is 18.2. The van der Waals surface area contributed by atoms with Crippen molar-refractivity contribution in [2.24, 2.45) is 0 Å². The fourth-order valence-corrected chi connectivity index (χ4v) is 4.88. The van der Waals surface area contributed by atoms with Crippen molar-refractivity contribution >= 4 is 40.8 Å². The van der Waals surface area contributed by atoms with Crippen molar-refractivity contribution in [1.82, 2.24) is 10.2 Å². The van der Waals surface area contributed by atoms with Gasteiger partial charge < -0.3 is 0 Å². The van der Waals surface area contributed by atoms with Crippen molar-refractivity contribution in [2.75, 3.05) is 10.7 Å². The number of aromatic nitrogens is 2. The van der Waals surface area contributed by atoms with E-state index in [2.05, 4.69) is 16.3 Å². The van der Waals surface area contributed by atoms with Crippen molar-refractivity contribution in [3.05, 3.63) is 65.4 Å². The Morgan fingerprint density at radius 1 is 1.07 bits per heavy atom. The first-order chi connectivity index (χ1) is 13.6. The van der Waals surface area contributed by atoms with E-state index in [0.29, 0.717) is 10.6 Å². The van der Waals surface area contributed by atoms with Crippen molar-refractivity contribution in [3.63, 3.8) is 0 Å². The van der Waals surface area contributed by atoms with Crippen LogP contribution in [0.3, 0.4) is 0 Å². The largest absolute Gasteiger partial charge is 0.278 e. The van der Waals surface area contributed by atoms with Crippen LogP contribution in [0.2, 0.25) is 0 Å². The first kappa shape index (κ1) is 18.5. The van der Waals surface area contributed by atoms with Gasteiger partial charge in [-0.15, -0.1) is 5.10 Å². The Hall–Kier alpha value is -2.82. The lowest BCUT2D eigenvalue weighted by atomic mass is 10.1. The van der Waals surface area contributed by atoms with Crippen LogP contribution in [0.5, 0.6) is 0 Å². The number of para-hydroxylation sites is 2. The molecular weight excluding hydrogens is 388 g/mol. The number of fused-ring (bicyclic) bond motifs is 2. The third kappa shape index (κ3) is 3.26. The molecule has 1 aliphatic heterocycles. The molecule has 5 nitrogen and oxygen atoms in total. The molecule has 2 aromatic carbocycles. The maximum atomic E-state index is 13.2. The molecule has 1 aliphatic rings. The third-order valence-corrected chi connectivity index (χ3v) is 6.63. The lowest BCUT2D eigenvalue weighted by molar-refractivity contribution is -0.115. The highest BCUT2D eigenvalue weighted by Gasteiger charge is 2.28. The first-order valence-electron chi connectivity index (χ1n) is 8.66. The number of amides is 1. The van der Waals surface area contributed by atoms with Gasteiger partial charge in [0.15, 0.2) is 0 Å². The van der Waals surface area contributed by atoms with E-state index in [-0.39, 0.29) is 11.7 Å². The summed E-state index contributed by atoms with van der Waals surface area (Å²) in [6.07, 6.45) is 0. The van der Waals surface area contributed by atoms with Gasteiger partial charge in [-0.1, -0.05) is 47.8 Å². The zero-order valence-electron chi connectivity index (χ0n) is 15.3. The molecule has 1 aromatic heterocycles. The molecule has 3 aromatic rings. The molecule has 0 unspecified atom stereocenters. The smallest absolute Gasteiger partial charge is 0.242 e. The Morgan fingerprint density at radius 2 is 1.68 bits per heavy atom. The number of nitrogens with zero attached hydrogens (tertiary/aromatic N) is 4. The molecule has 0 saturated carbocycles. The highest BCUT2D eigenvalue weighted by Crippen LogP contribution is 2.48.